The molecule has 0 bridgehead atoms. The van der Waals surface area contributed by atoms with Gasteiger partial charge in [0.15, 0.2) is 5.78 Å². The third kappa shape index (κ3) is 4.02. The van der Waals surface area contributed by atoms with E-state index >= 15 is 0 Å². The predicted molar refractivity (Wildman–Crippen MR) is 83.7 cm³/mol. The molecule has 2 aromatic carbocycles. The van der Waals surface area contributed by atoms with E-state index in [0.717, 1.165) is 11.1 Å². The first-order valence-electron chi connectivity index (χ1n) is 6.24. The molecule has 4 heteroatoms. The zero-order valence-electron chi connectivity index (χ0n) is 11.1. The summed E-state index contributed by atoms with van der Waals surface area (Å²) in [5.41, 5.74) is 2.67. The van der Waals surface area contributed by atoms with Crippen LogP contribution < -0.4 is 0 Å². The summed E-state index contributed by atoms with van der Waals surface area (Å²) in [5.74, 6) is 0.329. The first-order valence-corrected chi connectivity index (χ1v) is 8.11. The Morgan fingerprint density at radius 2 is 1.75 bits per heavy atom. The fraction of sp³-hybridized carbons (Fsp3) is 0.188. The van der Waals surface area contributed by atoms with Crippen molar-refractivity contribution >= 4 is 28.2 Å². The van der Waals surface area contributed by atoms with Crippen molar-refractivity contribution < 1.29 is 9.00 Å². The molecular formula is C16H15ClO2S. The van der Waals surface area contributed by atoms with E-state index < -0.39 is 10.8 Å². The summed E-state index contributed by atoms with van der Waals surface area (Å²) in [7, 11) is -1.20. The highest BCUT2D eigenvalue weighted by Gasteiger charge is 2.12. The average molecular weight is 307 g/mol. The van der Waals surface area contributed by atoms with Crippen molar-refractivity contribution in [1.29, 1.82) is 0 Å². The van der Waals surface area contributed by atoms with Gasteiger partial charge in [-0.2, -0.15) is 0 Å². The summed E-state index contributed by atoms with van der Waals surface area (Å²) < 4.78 is 12.1. The molecule has 0 fully saturated rings. The van der Waals surface area contributed by atoms with E-state index in [1.807, 2.05) is 31.2 Å². The van der Waals surface area contributed by atoms with E-state index in [0.29, 0.717) is 16.3 Å². The molecule has 0 aliphatic heterocycles. The molecule has 0 radical (unpaired) electrons. The Balaban J connectivity index is 2.00. The van der Waals surface area contributed by atoms with Crippen molar-refractivity contribution in [3.05, 3.63) is 70.2 Å². The number of hydrogen-bond acceptors (Lipinski definition) is 2. The van der Waals surface area contributed by atoms with Crippen LogP contribution in [-0.4, -0.2) is 15.7 Å². The Morgan fingerprint density at radius 1 is 1.10 bits per heavy atom. The highest BCUT2D eigenvalue weighted by molar-refractivity contribution is 7.85. The third-order valence-corrected chi connectivity index (χ3v) is 4.51. The van der Waals surface area contributed by atoms with Crippen LogP contribution in [0.3, 0.4) is 0 Å². The van der Waals surface area contributed by atoms with Crippen LogP contribution in [-0.2, 0) is 16.6 Å². The molecule has 2 aromatic rings. The van der Waals surface area contributed by atoms with Gasteiger partial charge in [0.2, 0.25) is 0 Å². The molecule has 1 atom stereocenters. The number of carbonyl (C=O) groups excluding carboxylic acids is 1. The van der Waals surface area contributed by atoms with Gasteiger partial charge in [-0.05, 0) is 42.3 Å². The highest BCUT2D eigenvalue weighted by Crippen LogP contribution is 2.13. The molecule has 0 aliphatic rings. The predicted octanol–water partition coefficient (Wildman–Crippen LogP) is 3.78. The Hall–Kier alpha value is -1.45. The number of Topliss-reactive ketones (excluding diaryl/α,β-unsaturated/α-hetero) is 1. The lowest BCUT2D eigenvalue weighted by atomic mass is 10.1. The summed E-state index contributed by atoms with van der Waals surface area (Å²) in [4.78, 5) is 12.0. The lowest BCUT2D eigenvalue weighted by molar-refractivity contribution is 0.102. The van der Waals surface area contributed by atoms with Crippen LogP contribution in [0, 0.1) is 6.92 Å². The normalized spacial score (nSPS) is 12.1. The summed E-state index contributed by atoms with van der Waals surface area (Å²) in [5, 5.41) is 0.586. The van der Waals surface area contributed by atoms with Gasteiger partial charge < -0.3 is 0 Å². The van der Waals surface area contributed by atoms with E-state index in [1.54, 1.807) is 24.3 Å². The number of carbonyl (C=O) groups is 1. The van der Waals surface area contributed by atoms with Gasteiger partial charge in [0.25, 0.3) is 0 Å². The number of halogens is 1. The third-order valence-electron chi connectivity index (χ3n) is 3.04. The van der Waals surface area contributed by atoms with Gasteiger partial charge in [-0.25, -0.2) is 0 Å². The molecule has 0 aliphatic carbocycles. The number of ketones is 1. The second-order valence-corrected chi connectivity index (χ2v) is 6.48. The largest absolute Gasteiger partial charge is 0.293 e. The molecule has 0 amide bonds. The van der Waals surface area contributed by atoms with Crippen LogP contribution in [0.2, 0.25) is 5.02 Å². The standard InChI is InChI=1S/C16H15ClO2S/c1-12-4-2-3-5-14(12)10-20(19)11-16(18)13-6-8-15(17)9-7-13/h2-9H,10-11H2,1H3. The quantitative estimate of drug-likeness (QED) is 0.788. The second-order valence-electron chi connectivity index (χ2n) is 4.59. The molecular weight excluding hydrogens is 292 g/mol. The van der Waals surface area contributed by atoms with E-state index in [2.05, 4.69) is 0 Å². The SMILES string of the molecule is Cc1ccccc1CS(=O)CC(=O)c1ccc(Cl)cc1. The van der Waals surface area contributed by atoms with Gasteiger partial charge in [0.1, 0.15) is 0 Å². The van der Waals surface area contributed by atoms with Crippen LogP contribution in [0.5, 0.6) is 0 Å². The van der Waals surface area contributed by atoms with Crippen molar-refractivity contribution in [3.8, 4) is 0 Å². The molecule has 0 saturated carbocycles. The first-order chi connectivity index (χ1) is 9.56. The van der Waals surface area contributed by atoms with E-state index in [1.165, 1.54) is 0 Å². The molecule has 0 aromatic heterocycles. The molecule has 0 heterocycles. The molecule has 104 valence electrons. The lowest BCUT2D eigenvalue weighted by Crippen LogP contribution is -2.12. The van der Waals surface area contributed by atoms with Gasteiger partial charge >= 0.3 is 0 Å². The van der Waals surface area contributed by atoms with Crippen LogP contribution in [0.4, 0.5) is 0 Å². The molecule has 1 unspecified atom stereocenters. The maximum absolute atomic E-state index is 12.1. The minimum atomic E-state index is -1.20. The van der Waals surface area contributed by atoms with Crippen molar-refractivity contribution in [2.24, 2.45) is 0 Å². The zero-order valence-corrected chi connectivity index (χ0v) is 12.7. The monoisotopic (exact) mass is 306 g/mol. The van der Waals surface area contributed by atoms with Gasteiger partial charge in [0, 0.05) is 27.1 Å². The van der Waals surface area contributed by atoms with E-state index in [-0.39, 0.29) is 11.5 Å². The highest BCUT2D eigenvalue weighted by atomic mass is 35.5. The summed E-state index contributed by atoms with van der Waals surface area (Å²) in [6, 6.07) is 14.4. The summed E-state index contributed by atoms with van der Waals surface area (Å²) in [6.07, 6.45) is 0. The number of hydrogen-bond donors (Lipinski definition) is 0. The van der Waals surface area contributed by atoms with Crippen LogP contribution in [0.1, 0.15) is 21.5 Å². The molecule has 0 N–H and O–H groups in total. The topological polar surface area (TPSA) is 34.1 Å². The van der Waals surface area contributed by atoms with Crippen molar-refractivity contribution in [2.75, 3.05) is 5.75 Å². The van der Waals surface area contributed by atoms with Crippen LogP contribution in [0.25, 0.3) is 0 Å². The summed E-state index contributed by atoms with van der Waals surface area (Å²) >= 11 is 5.78. The Labute approximate surface area is 126 Å². The van der Waals surface area contributed by atoms with Crippen molar-refractivity contribution in [3.63, 3.8) is 0 Å². The maximum atomic E-state index is 12.1. The van der Waals surface area contributed by atoms with Crippen molar-refractivity contribution in [1.82, 2.24) is 0 Å². The Morgan fingerprint density at radius 3 is 2.40 bits per heavy atom. The summed E-state index contributed by atoms with van der Waals surface area (Å²) in [6.45, 7) is 1.98. The number of benzene rings is 2. The Bertz CT molecular complexity index is 635. The average Bonchev–Trinajstić information content (AvgIpc) is 2.42. The van der Waals surface area contributed by atoms with Crippen molar-refractivity contribution in [2.45, 2.75) is 12.7 Å². The van der Waals surface area contributed by atoms with Gasteiger partial charge in [-0.1, -0.05) is 35.9 Å². The fourth-order valence-electron chi connectivity index (χ4n) is 1.86. The molecule has 20 heavy (non-hydrogen) atoms. The maximum Gasteiger partial charge on any atom is 0.175 e. The molecule has 2 rings (SSSR count). The fourth-order valence-corrected chi connectivity index (χ4v) is 3.22. The van der Waals surface area contributed by atoms with Crippen LogP contribution >= 0.6 is 11.6 Å². The van der Waals surface area contributed by atoms with Gasteiger partial charge in [-0.3, -0.25) is 9.00 Å². The van der Waals surface area contributed by atoms with E-state index in [4.69, 9.17) is 11.6 Å². The minimum Gasteiger partial charge on any atom is -0.293 e. The van der Waals surface area contributed by atoms with Crippen LogP contribution in [0.15, 0.2) is 48.5 Å². The number of aryl methyl sites for hydroxylation is 1. The number of rotatable bonds is 5. The van der Waals surface area contributed by atoms with Gasteiger partial charge in [-0.15, -0.1) is 0 Å². The molecule has 0 saturated heterocycles. The smallest absolute Gasteiger partial charge is 0.175 e. The Kier molecular flexibility index (Phi) is 5.10. The zero-order chi connectivity index (χ0) is 14.5. The molecule has 0 spiro atoms. The van der Waals surface area contributed by atoms with E-state index in [9.17, 15) is 9.00 Å². The first kappa shape index (κ1) is 14.9. The second kappa shape index (κ2) is 6.82. The lowest BCUT2D eigenvalue weighted by Gasteiger charge is -2.05. The minimum absolute atomic E-state index is 0.0377. The molecule has 2 nitrogen and oxygen atoms in total. The van der Waals surface area contributed by atoms with Gasteiger partial charge in [0.05, 0.1) is 5.75 Å².